The van der Waals surface area contributed by atoms with Gasteiger partial charge in [-0.05, 0) is 43.3 Å². The van der Waals surface area contributed by atoms with Gasteiger partial charge in [0.25, 0.3) is 5.91 Å². The van der Waals surface area contributed by atoms with Gasteiger partial charge in [-0.1, -0.05) is 6.07 Å². The first-order valence-electron chi connectivity index (χ1n) is 12.0. The van der Waals surface area contributed by atoms with Gasteiger partial charge in [0.1, 0.15) is 28.8 Å². The van der Waals surface area contributed by atoms with Gasteiger partial charge in [0.2, 0.25) is 15.8 Å². The van der Waals surface area contributed by atoms with Crippen LogP contribution in [0.25, 0.3) is 49.7 Å². The number of hydrogen-bond donors (Lipinski definition) is 3. The molecular formula is C27H20FN5O6S. The fourth-order valence-corrected chi connectivity index (χ4v) is 5.36. The Bertz CT molecular complexity index is 2150. The minimum Gasteiger partial charge on any atom is -0.475 e. The third-order valence-corrected chi connectivity index (χ3v) is 7.95. The van der Waals surface area contributed by atoms with E-state index in [-0.39, 0.29) is 33.5 Å². The van der Waals surface area contributed by atoms with E-state index in [4.69, 9.17) is 9.40 Å². The largest absolute Gasteiger partial charge is 0.475 e. The Balaban J connectivity index is 1.67. The zero-order valence-corrected chi connectivity index (χ0v) is 21.8. The first-order chi connectivity index (χ1) is 19.1. The van der Waals surface area contributed by atoms with E-state index in [0.717, 1.165) is 0 Å². The molecule has 0 fully saturated rings. The van der Waals surface area contributed by atoms with Gasteiger partial charge in [-0.25, -0.2) is 27.6 Å². The molecule has 0 spiro atoms. The number of rotatable bonds is 6. The zero-order valence-electron chi connectivity index (χ0n) is 21.0. The number of aromatic nitrogens is 3. The molecule has 6 rings (SSSR count). The van der Waals surface area contributed by atoms with Crippen LogP contribution in [0.4, 0.5) is 10.1 Å². The number of aromatic carboxylic acids is 1. The Morgan fingerprint density at radius 1 is 1.10 bits per heavy atom. The molecule has 202 valence electrons. The van der Waals surface area contributed by atoms with E-state index in [1.165, 1.54) is 32.2 Å². The summed E-state index contributed by atoms with van der Waals surface area (Å²) in [5, 5.41) is 12.6. The van der Waals surface area contributed by atoms with E-state index in [1.54, 1.807) is 41.1 Å². The lowest BCUT2D eigenvalue weighted by Gasteiger charge is -2.13. The van der Waals surface area contributed by atoms with Crippen molar-refractivity contribution in [2.24, 2.45) is 0 Å². The van der Waals surface area contributed by atoms with Crippen LogP contribution in [-0.2, 0) is 10.0 Å². The van der Waals surface area contributed by atoms with Crippen LogP contribution in [0.3, 0.4) is 0 Å². The van der Waals surface area contributed by atoms with Gasteiger partial charge in [0.05, 0.1) is 33.7 Å². The average molecular weight is 562 g/mol. The lowest BCUT2D eigenvalue weighted by molar-refractivity contribution is 0.0658. The van der Waals surface area contributed by atoms with Crippen molar-refractivity contribution in [2.75, 3.05) is 17.5 Å². The fraction of sp³-hybridized carbons (Fsp3) is 0.111. The van der Waals surface area contributed by atoms with Crippen LogP contribution in [0.1, 0.15) is 27.8 Å². The Labute approximate surface area is 225 Å². The molecule has 0 aliphatic heterocycles. The molecule has 0 aliphatic rings. The molecule has 0 saturated heterocycles. The number of carbonyl (C=O) groups excluding carboxylic acids is 1. The van der Waals surface area contributed by atoms with Crippen molar-refractivity contribution in [1.82, 2.24) is 19.7 Å². The molecule has 2 aromatic carbocycles. The van der Waals surface area contributed by atoms with E-state index in [1.807, 2.05) is 0 Å². The number of furan rings is 1. The third-order valence-electron chi connectivity index (χ3n) is 6.66. The maximum Gasteiger partial charge on any atom is 0.372 e. The molecule has 4 heterocycles. The van der Waals surface area contributed by atoms with Gasteiger partial charge in [0.15, 0.2) is 0 Å². The second-order valence-corrected chi connectivity index (χ2v) is 11.0. The number of benzene rings is 2. The number of amides is 1. The molecule has 0 atom stereocenters. The van der Waals surface area contributed by atoms with E-state index in [0.29, 0.717) is 33.1 Å². The molecule has 1 amide bonds. The standard InChI is InChI=1S/C27H20FN5O6S/c1-3-40(37,38)32-19-11-22-15(23(26(34)29-2)25(39-22)27(35)36)9-14(19)17-7-8-18-24(31-17)21-10-13-16(28)5-4-6-20(13)33(21)12-30-18/h4-12,32H,3H2,1-2H3,(H,29,34)(H,35,36). The molecule has 0 bridgehead atoms. The van der Waals surface area contributed by atoms with Crippen molar-refractivity contribution in [3.63, 3.8) is 0 Å². The van der Waals surface area contributed by atoms with Gasteiger partial charge >= 0.3 is 5.97 Å². The molecule has 4 aromatic heterocycles. The van der Waals surface area contributed by atoms with Crippen molar-refractivity contribution in [2.45, 2.75) is 6.92 Å². The summed E-state index contributed by atoms with van der Waals surface area (Å²) >= 11 is 0. The number of nitrogens with zero attached hydrogens (tertiary/aromatic N) is 3. The topological polar surface area (TPSA) is 156 Å². The molecule has 40 heavy (non-hydrogen) atoms. The minimum atomic E-state index is -3.78. The fourth-order valence-electron chi connectivity index (χ4n) is 4.72. The van der Waals surface area contributed by atoms with E-state index < -0.39 is 33.5 Å². The van der Waals surface area contributed by atoms with Crippen LogP contribution in [0.15, 0.2) is 59.3 Å². The summed E-state index contributed by atoms with van der Waals surface area (Å²) < 4.78 is 49.4. The molecule has 13 heteroatoms. The molecule has 0 saturated carbocycles. The van der Waals surface area contributed by atoms with Gasteiger partial charge in [-0.3, -0.25) is 13.9 Å². The van der Waals surface area contributed by atoms with Crippen LogP contribution in [0.2, 0.25) is 0 Å². The minimum absolute atomic E-state index is 0.00767. The number of carboxylic acid groups (broad SMARTS) is 1. The smallest absolute Gasteiger partial charge is 0.372 e. The summed E-state index contributed by atoms with van der Waals surface area (Å²) in [4.78, 5) is 33.7. The highest BCUT2D eigenvalue weighted by molar-refractivity contribution is 7.92. The Morgan fingerprint density at radius 2 is 1.90 bits per heavy atom. The van der Waals surface area contributed by atoms with E-state index in [9.17, 15) is 27.5 Å². The molecule has 0 aliphatic carbocycles. The van der Waals surface area contributed by atoms with Gasteiger partial charge < -0.3 is 14.8 Å². The monoisotopic (exact) mass is 561 g/mol. The average Bonchev–Trinajstić information content (AvgIpc) is 3.51. The number of nitrogens with one attached hydrogen (secondary N) is 2. The summed E-state index contributed by atoms with van der Waals surface area (Å²) in [5.74, 6) is -3.37. The normalized spacial score (nSPS) is 12.0. The lowest BCUT2D eigenvalue weighted by Crippen LogP contribution is -2.20. The number of sulfonamides is 1. The van der Waals surface area contributed by atoms with E-state index >= 15 is 0 Å². The number of anilines is 1. The molecular weight excluding hydrogens is 541 g/mol. The number of carboxylic acids is 1. The summed E-state index contributed by atoms with van der Waals surface area (Å²) in [6.45, 7) is 1.47. The highest BCUT2D eigenvalue weighted by atomic mass is 32.2. The molecule has 6 aromatic rings. The zero-order chi connectivity index (χ0) is 28.3. The Kier molecular flexibility index (Phi) is 5.69. The maximum atomic E-state index is 14.5. The van der Waals surface area contributed by atoms with Crippen LogP contribution in [0, 0.1) is 5.82 Å². The van der Waals surface area contributed by atoms with Gasteiger partial charge in [-0.2, -0.15) is 0 Å². The number of halogens is 1. The molecule has 0 radical (unpaired) electrons. The van der Waals surface area contributed by atoms with Crippen LogP contribution in [0.5, 0.6) is 0 Å². The van der Waals surface area contributed by atoms with Crippen LogP contribution >= 0.6 is 0 Å². The number of fused-ring (bicyclic) bond motifs is 6. The Hall–Kier alpha value is -5.04. The van der Waals surface area contributed by atoms with Crippen molar-refractivity contribution >= 4 is 66.0 Å². The predicted molar refractivity (Wildman–Crippen MR) is 147 cm³/mol. The second kappa shape index (κ2) is 9.02. The third kappa shape index (κ3) is 3.90. The first-order valence-corrected chi connectivity index (χ1v) is 13.7. The van der Waals surface area contributed by atoms with Gasteiger partial charge in [-0.15, -0.1) is 0 Å². The van der Waals surface area contributed by atoms with Crippen LogP contribution < -0.4 is 10.0 Å². The summed E-state index contributed by atoms with van der Waals surface area (Å²) in [6.07, 6.45) is 1.57. The summed E-state index contributed by atoms with van der Waals surface area (Å²) in [5.41, 5.74) is 2.52. The van der Waals surface area contributed by atoms with Crippen LogP contribution in [-0.4, -0.2) is 52.6 Å². The molecule has 11 nitrogen and oxygen atoms in total. The maximum absolute atomic E-state index is 14.5. The SMILES string of the molecule is CCS(=O)(=O)Nc1cc2oc(C(=O)O)c(C(=O)NC)c2cc1-c1ccc2ncn3c4cccc(F)c4cc3c2n1. The summed E-state index contributed by atoms with van der Waals surface area (Å²) in [6, 6.07) is 12.5. The lowest BCUT2D eigenvalue weighted by atomic mass is 10.0. The van der Waals surface area contributed by atoms with E-state index in [2.05, 4.69) is 15.0 Å². The van der Waals surface area contributed by atoms with Crippen molar-refractivity contribution < 1.29 is 31.9 Å². The summed E-state index contributed by atoms with van der Waals surface area (Å²) in [7, 11) is -2.43. The number of hydrogen-bond acceptors (Lipinski definition) is 7. The highest BCUT2D eigenvalue weighted by Crippen LogP contribution is 2.37. The second-order valence-electron chi connectivity index (χ2n) is 8.97. The van der Waals surface area contributed by atoms with Crippen molar-refractivity contribution in [3.05, 3.63) is 72.0 Å². The van der Waals surface area contributed by atoms with Gasteiger partial charge in [0, 0.05) is 29.4 Å². The molecule has 3 N–H and O–H groups in total. The number of carbonyl (C=O) groups is 2. The Morgan fingerprint density at radius 3 is 2.62 bits per heavy atom. The quantitative estimate of drug-likeness (QED) is 0.270. The van der Waals surface area contributed by atoms with Crippen molar-refractivity contribution in [1.29, 1.82) is 0 Å². The number of pyridine rings is 1. The molecule has 0 unspecified atom stereocenters. The highest BCUT2D eigenvalue weighted by Gasteiger charge is 2.27. The van der Waals surface area contributed by atoms with Crippen molar-refractivity contribution in [3.8, 4) is 11.3 Å². The predicted octanol–water partition coefficient (Wildman–Crippen LogP) is 4.41. The first kappa shape index (κ1) is 25.2.